The van der Waals surface area contributed by atoms with E-state index in [1.54, 1.807) is 0 Å². The summed E-state index contributed by atoms with van der Waals surface area (Å²) >= 11 is 0. The molecule has 0 bridgehead atoms. The van der Waals surface area contributed by atoms with Crippen molar-refractivity contribution in [1.29, 1.82) is 0 Å². The average molecular weight is 224 g/mol. The topological polar surface area (TPSA) is 15.3 Å². The highest BCUT2D eigenvalue weighted by molar-refractivity contribution is 4.95. The summed E-state index contributed by atoms with van der Waals surface area (Å²) in [5.41, 5.74) is 0. The lowest BCUT2D eigenvalue weighted by molar-refractivity contribution is 0.152. The second-order valence-electron chi connectivity index (χ2n) is 6.05. The molecule has 1 N–H and O–H groups in total. The first-order valence-corrected chi connectivity index (χ1v) is 7.18. The molecule has 2 nitrogen and oxygen atoms in total. The van der Waals surface area contributed by atoms with Crippen molar-refractivity contribution in [3.63, 3.8) is 0 Å². The molecule has 0 spiro atoms. The van der Waals surface area contributed by atoms with Crippen molar-refractivity contribution >= 4 is 0 Å². The van der Waals surface area contributed by atoms with Crippen LogP contribution in [-0.2, 0) is 0 Å². The first-order valence-electron chi connectivity index (χ1n) is 7.18. The molecule has 2 unspecified atom stereocenters. The Labute approximate surface area is 101 Å². The maximum Gasteiger partial charge on any atom is 0.0263 e. The van der Waals surface area contributed by atoms with Gasteiger partial charge in [0, 0.05) is 18.6 Å². The van der Waals surface area contributed by atoms with Crippen molar-refractivity contribution in [2.45, 2.75) is 58.5 Å². The fourth-order valence-electron chi connectivity index (χ4n) is 2.96. The molecule has 0 aromatic carbocycles. The van der Waals surface area contributed by atoms with E-state index in [2.05, 4.69) is 31.0 Å². The highest BCUT2D eigenvalue weighted by Crippen LogP contribution is 2.33. The molecule has 0 radical (unpaired) electrons. The molecule has 2 aliphatic rings. The van der Waals surface area contributed by atoms with E-state index in [-0.39, 0.29) is 0 Å². The molecular weight excluding hydrogens is 196 g/mol. The standard InChI is InChI=1S/C14H28N2/c1-4-12-9-15-10-14(12)16(13-5-6-13)8-7-11(2)3/h11-15H,4-10H2,1-3H3. The minimum absolute atomic E-state index is 0.830. The quantitative estimate of drug-likeness (QED) is 0.746. The molecule has 1 saturated heterocycles. The zero-order valence-electron chi connectivity index (χ0n) is 11.2. The van der Waals surface area contributed by atoms with Gasteiger partial charge in [0.1, 0.15) is 0 Å². The van der Waals surface area contributed by atoms with Crippen LogP contribution in [0, 0.1) is 11.8 Å². The van der Waals surface area contributed by atoms with E-state index in [0.29, 0.717) is 0 Å². The number of hydrogen-bond donors (Lipinski definition) is 1. The maximum absolute atomic E-state index is 3.58. The number of nitrogens with zero attached hydrogens (tertiary/aromatic N) is 1. The fraction of sp³-hybridized carbons (Fsp3) is 1.00. The van der Waals surface area contributed by atoms with E-state index < -0.39 is 0 Å². The van der Waals surface area contributed by atoms with Crippen molar-refractivity contribution in [2.24, 2.45) is 11.8 Å². The van der Waals surface area contributed by atoms with E-state index in [9.17, 15) is 0 Å². The molecule has 1 heterocycles. The summed E-state index contributed by atoms with van der Waals surface area (Å²) in [6, 6.07) is 1.76. The van der Waals surface area contributed by atoms with Gasteiger partial charge in [-0.15, -0.1) is 0 Å². The second-order valence-corrected chi connectivity index (χ2v) is 6.05. The van der Waals surface area contributed by atoms with Crippen LogP contribution in [0.4, 0.5) is 0 Å². The zero-order chi connectivity index (χ0) is 11.5. The molecule has 94 valence electrons. The van der Waals surface area contributed by atoms with Gasteiger partial charge in [-0.1, -0.05) is 27.2 Å². The van der Waals surface area contributed by atoms with Gasteiger partial charge in [0.25, 0.3) is 0 Å². The summed E-state index contributed by atoms with van der Waals surface area (Å²) in [7, 11) is 0. The van der Waals surface area contributed by atoms with E-state index >= 15 is 0 Å². The number of rotatable bonds is 6. The first-order chi connectivity index (χ1) is 7.72. The summed E-state index contributed by atoms with van der Waals surface area (Å²) in [5, 5.41) is 3.58. The first kappa shape index (κ1) is 12.4. The summed E-state index contributed by atoms with van der Waals surface area (Å²) in [6.45, 7) is 10.8. The number of hydrogen-bond acceptors (Lipinski definition) is 2. The number of nitrogens with one attached hydrogen (secondary N) is 1. The molecule has 1 saturated carbocycles. The molecule has 1 aliphatic carbocycles. The van der Waals surface area contributed by atoms with Gasteiger partial charge in [0.05, 0.1) is 0 Å². The highest BCUT2D eigenvalue weighted by atomic mass is 15.2. The molecular formula is C14H28N2. The maximum atomic E-state index is 3.58. The smallest absolute Gasteiger partial charge is 0.0263 e. The third kappa shape index (κ3) is 2.98. The Morgan fingerprint density at radius 1 is 1.25 bits per heavy atom. The van der Waals surface area contributed by atoms with Crippen LogP contribution >= 0.6 is 0 Å². The molecule has 0 amide bonds. The Morgan fingerprint density at radius 3 is 2.56 bits per heavy atom. The van der Waals surface area contributed by atoms with Gasteiger partial charge in [-0.25, -0.2) is 0 Å². The van der Waals surface area contributed by atoms with E-state index in [4.69, 9.17) is 0 Å². The van der Waals surface area contributed by atoms with Crippen LogP contribution in [0.5, 0.6) is 0 Å². The van der Waals surface area contributed by atoms with E-state index in [1.165, 1.54) is 45.3 Å². The van der Waals surface area contributed by atoms with Crippen LogP contribution in [0.1, 0.15) is 46.5 Å². The van der Waals surface area contributed by atoms with Gasteiger partial charge < -0.3 is 5.32 Å². The lowest BCUT2D eigenvalue weighted by Crippen LogP contribution is -2.43. The summed E-state index contributed by atoms with van der Waals surface area (Å²) in [4.78, 5) is 2.83. The van der Waals surface area contributed by atoms with Crippen LogP contribution in [0.2, 0.25) is 0 Å². The van der Waals surface area contributed by atoms with Gasteiger partial charge in [0.2, 0.25) is 0 Å². The van der Waals surface area contributed by atoms with E-state index in [1.807, 2.05) is 0 Å². The molecule has 2 heteroatoms. The van der Waals surface area contributed by atoms with E-state index in [0.717, 1.165) is 23.9 Å². The molecule has 0 aromatic rings. The SMILES string of the molecule is CCC1CNCC1N(CCC(C)C)C1CC1. The highest BCUT2D eigenvalue weighted by Gasteiger charge is 2.38. The van der Waals surface area contributed by atoms with Gasteiger partial charge in [-0.2, -0.15) is 0 Å². The second kappa shape index (κ2) is 5.50. The Bertz CT molecular complexity index is 211. The van der Waals surface area contributed by atoms with Crippen LogP contribution in [0.25, 0.3) is 0 Å². The minimum atomic E-state index is 0.830. The molecule has 2 fully saturated rings. The molecule has 2 rings (SSSR count). The summed E-state index contributed by atoms with van der Waals surface area (Å²) in [5.74, 6) is 1.74. The van der Waals surface area contributed by atoms with Crippen molar-refractivity contribution in [3.05, 3.63) is 0 Å². The fourth-order valence-corrected chi connectivity index (χ4v) is 2.96. The lowest BCUT2D eigenvalue weighted by Gasteiger charge is -2.32. The predicted octanol–water partition coefficient (Wildman–Crippen LogP) is 2.49. The van der Waals surface area contributed by atoms with Gasteiger partial charge >= 0.3 is 0 Å². The van der Waals surface area contributed by atoms with Crippen LogP contribution < -0.4 is 5.32 Å². The Kier molecular flexibility index (Phi) is 4.26. The summed E-state index contributed by atoms with van der Waals surface area (Å²) in [6.07, 6.45) is 5.60. The van der Waals surface area contributed by atoms with Crippen molar-refractivity contribution in [1.82, 2.24) is 10.2 Å². The lowest BCUT2D eigenvalue weighted by atomic mass is 9.98. The molecule has 16 heavy (non-hydrogen) atoms. The minimum Gasteiger partial charge on any atom is -0.315 e. The van der Waals surface area contributed by atoms with Crippen molar-refractivity contribution in [2.75, 3.05) is 19.6 Å². The van der Waals surface area contributed by atoms with Crippen LogP contribution in [0.3, 0.4) is 0 Å². The third-order valence-corrected chi connectivity index (χ3v) is 4.24. The molecule has 2 atom stereocenters. The normalized spacial score (nSPS) is 30.6. The largest absolute Gasteiger partial charge is 0.315 e. The zero-order valence-corrected chi connectivity index (χ0v) is 11.2. The average Bonchev–Trinajstić information content (AvgIpc) is 2.96. The third-order valence-electron chi connectivity index (χ3n) is 4.24. The predicted molar refractivity (Wildman–Crippen MR) is 69.6 cm³/mol. The Morgan fingerprint density at radius 2 is 2.00 bits per heavy atom. The van der Waals surface area contributed by atoms with Crippen molar-refractivity contribution < 1.29 is 0 Å². The Hall–Kier alpha value is -0.0800. The monoisotopic (exact) mass is 224 g/mol. The summed E-state index contributed by atoms with van der Waals surface area (Å²) < 4.78 is 0. The van der Waals surface area contributed by atoms with Gasteiger partial charge in [-0.3, -0.25) is 4.90 Å². The van der Waals surface area contributed by atoms with Crippen LogP contribution in [-0.4, -0.2) is 36.6 Å². The van der Waals surface area contributed by atoms with Gasteiger partial charge in [-0.05, 0) is 44.2 Å². The molecule has 1 aliphatic heterocycles. The van der Waals surface area contributed by atoms with Crippen LogP contribution in [0.15, 0.2) is 0 Å². The van der Waals surface area contributed by atoms with Gasteiger partial charge in [0.15, 0.2) is 0 Å². The molecule has 0 aromatic heterocycles. The van der Waals surface area contributed by atoms with Crippen molar-refractivity contribution in [3.8, 4) is 0 Å². The Balaban J connectivity index is 1.90.